The molecule has 0 radical (unpaired) electrons. The Morgan fingerprint density at radius 3 is 1.39 bits per heavy atom. The molecule has 408 valence electrons. The van der Waals surface area contributed by atoms with E-state index in [-0.39, 0.29) is 21.7 Å². The van der Waals surface area contributed by atoms with Gasteiger partial charge in [-0.3, -0.25) is 0 Å². The standard InChI is InChI=1S/C82H75N/c1-78(2,3)56-33-40-72-75(48-56)82(76-49-57(79(4,5)6)34-41-73(76)80(72,7)8)70-28-18-14-25-65(70)67-38-37-61(50-74(67)82)83(60-35-30-54(31-36-60)63-23-13-12-22-62(63)53-20-10-9-11-21-53)77-29-19-16-24-64(77)55-32-39-71-68(47-55)66-26-15-17-27-69(66)81(71)58-43-51-42-52(45-58)46-59(81)44-51/h9-41,47-52,58-59H,42-46H2,1-8H3. The lowest BCUT2D eigenvalue weighted by atomic mass is 9.43. The smallest absolute Gasteiger partial charge is 0.0720 e. The number of para-hydroxylation sites is 1. The normalized spacial score (nSPS) is 21.5. The summed E-state index contributed by atoms with van der Waals surface area (Å²) in [6, 6.07) is 87.6. The molecule has 10 aromatic rings. The molecule has 7 aliphatic carbocycles. The maximum Gasteiger partial charge on any atom is 0.0720 e. The molecule has 1 heteroatoms. The summed E-state index contributed by atoms with van der Waals surface area (Å²) in [5.41, 5.74) is 29.8. The van der Waals surface area contributed by atoms with Crippen LogP contribution in [0.4, 0.5) is 17.1 Å². The molecule has 7 aliphatic rings. The van der Waals surface area contributed by atoms with Gasteiger partial charge < -0.3 is 4.90 Å². The average Bonchev–Trinajstić information content (AvgIpc) is 2.73. The van der Waals surface area contributed by atoms with Crippen LogP contribution in [0.2, 0.25) is 0 Å². The van der Waals surface area contributed by atoms with Gasteiger partial charge in [0.25, 0.3) is 0 Å². The summed E-state index contributed by atoms with van der Waals surface area (Å²) in [5, 5.41) is 0. The maximum absolute atomic E-state index is 2.61. The first kappa shape index (κ1) is 50.7. The van der Waals surface area contributed by atoms with Crippen molar-refractivity contribution < 1.29 is 0 Å². The van der Waals surface area contributed by atoms with E-state index >= 15 is 0 Å². The maximum atomic E-state index is 2.61. The van der Waals surface area contributed by atoms with Crippen molar-refractivity contribution in [3.63, 3.8) is 0 Å². The molecule has 10 aromatic carbocycles. The third kappa shape index (κ3) is 7.25. The van der Waals surface area contributed by atoms with Crippen molar-refractivity contribution in [1.82, 2.24) is 0 Å². The summed E-state index contributed by atoms with van der Waals surface area (Å²) >= 11 is 0. The zero-order valence-electron chi connectivity index (χ0n) is 49.7. The highest BCUT2D eigenvalue weighted by Gasteiger charge is 2.62. The molecule has 1 nitrogen and oxygen atoms in total. The molecule has 0 unspecified atom stereocenters. The Labute approximate surface area is 493 Å². The minimum atomic E-state index is -0.595. The zero-order valence-corrected chi connectivity index (χ0v) is 49.7. The fourth-order valence-corrected chi connectivity index (χ4v) is 18.1. The van der Waals surface area contributed by atoms with Crippen molar-refractivity contribution in [3.05, 3.63) is 280 Å². The van der Waals surface area contributed by atoms with E-state index in [2.05, 4.69) is 285 Å². The topological polar surface area (TPSA) is 3.24 Å². The second-order valence-corrected chi connectivity index (χ2v) is 28.5. The SMILES string of the molecule is CC(C)(C)c1ccc2c(c1)C1(c3ccccc3-c3ccc(N(c4ccc(-c5ccccc5-c5ccccc5)cc4)c4ccccc4-c4ccc5c(c4)-c4ccccc4C54C5CC6CC(C5)CC4C6)cc31)c1cc(C(C)(C)C)ccc1C2(C)C. The van der Waals surface area contributed by atoms with Crippen molar-refractivity contribution in [2.75, 3.05) is 4.90 Å². The van der Waals surface area contributed by atoms with Crippen molar-refractivity contribution in [2.45, 2.75) is 115 Å². The van der Waals surface area contributed by atoms with Crippen LogP contribution in [-0.2, 0) is 27.1 Å². The quantitative estimate of drug-likeness (QED) is 0.160. The molecule has 0 N–H and O–H groups in total. The lowest BCUT2D eigenvalue weighted by molar-refractivity contribution is -0.0399. The number of anilines is 3. The number of hydrogen-bond donors (Lipinski definition) is 0. The molecule has 17 rings (SSSR count). The molecule has 4 fully saturated rings. The van der Waals surface area contributed by atoms with Crippen molar-refractivity contribution >= 4 is 17.1 Å². The Balaban J connectivity index is 0.933. The molecule has 0 aromatic heterocycles. The summed E-state index contributed by atoms with van der Waals surface area (Å²) in [6.07, 6.45) is 6.99. The van der Waals surface area contributed by atoms with Crippen LogP contribution < -0.4 is 4.90 Å². The van der Waals surface area contributed by atoms with Crippen LogP contribution in [0.5, 0.6) is 0 Å². The van der Waals surface area contributed by atoms with Gasteiger partial charge in [0.1, 0.15) is 0 Å². The fraction of sp³-hybridized carbons (Fsp3) is 0.268. The number of benzene rings is 10. The van der Waals surface area contributed by atoms with Crippen LogP contribution in [-0.4, -0.2) is 0 Å². The van der Waals surface area contributed by atoms with Gasteiger partial charge in [0.2, 0.25) is 0 Å². The Hall–Kier alpha value is -8.00. The number of fused-ring (bicyclic) bond motifs is 12. The summed E-state index contributed by atoms with van der Waals surface area (Å²) < 4.78 is 0. The van der Waals surface area contributed by atoms with Gasteiger partial charge in [-0.15, -0.1) is 0 Å². The Bertz CT molecular complexity index is 4170. The van der Waals surface area contributed by atoms with E-state index < -0.39 is 5.41 Å². The molecule has 0 amide bonds. The zero-order chi connectivity index (χ0) is 56.4. The Morgan fingerprint density at radius 1 is 0.325 bits per heavy atom. The first-order chi connectivity index (χ1) is 40.1. The lowest BCUT2D eigenvalue weighted by Crippen LogP contribution is -2.55. The number of nitrogens with zero attached hydrogens (tertiary/aromatic N) is 1. The Kier molecular flexibility index (Phi) is 11.0. The van der Waals surface area contributed by atoms with Crippen LogP contribution >= 0.6 is 0 Å². The second-order valence-electron chi connectivity index (χ2n) is 28.5. The number of rotatable bonds is 6. The van der Waals surface area contributed by atoms with E-state index in [9.17, 15) is 0 Å². The summed E-state index contributed by atoms with van der Waals surface area (Å²) in [7, 11) is 0. The van der Waals surface area contributed by atoms with E-state index in [0.29, 0.717) is 0 Å². The van der Waals surface area contributed by atoms with Crippen molar-refractivity contribution in [3.8, 4) is 55.6 Å². The number of hydrogen-bond acceptors (Lipinski definition) is 1. The first-order valence-corrected chi connectivity index (χ1v) is 31.1. The van der Waals surface area contributed by atoms with Crippen LogP contribution in [0.25, 0.3) is 55.6 Å². The largest absolute Gasteiger partial charge is 0.310 e. The molecular weight excluding hydrogens is 999 g/mol. The molecule has 4 saturated carbocycles. The van der Waals surface area contributed by atoms with Crippen LogP contribution in [0.1, 0.15) is 143 Å². The summed E-state index contributed by atoms with van der Waals surface area (Å²) in [5.74, 6) is 3.26. The van der Waals surface area contributed by atoms with Crippen LogP contribution in [0.15, 0.2) is 224 Å². The third-order valence-electron chi connectivity index (χ3n) is 21.7. The highest BCUT2D eigenvalue weighted by molar-refractivity contribution is 5.96. The van der Waals surface area contributed by atoms with Crippen LogP contribution in [0, 0.1) is 23.7 Å². The minimum Gasteiger partial charge on any atom is -0.310 e. The fourth-order valence-electron chi connectivity index (χ4n) is 18.1. The van der Waals surface area contributed by atoms with Gasteiger partial charge in [-0.2, -0.15) is 0 Å². The predicted molar refractivity (Wildman–Crippen MR) is 348 cm³/mol. The van der Waals surface area contributed by atoms with Gasteiger partial charge >= 0.3 is 0 Å². The predicted octanol–water partition coefficient (Wildman–Crippen LogP) is 21.5. The average molecular weight is 1070 g/mol. The van der Waals surface area contributed by atoms with Gasteiger partial charge in [0, 0.05) is 27.8 Å². The van der Waals surface area contributed by atoms with Gasteiger partial charge in [-0.05, 0) is 209 Å². The summed E-state index contributed by atoms with van der Waals surface area (Å²) in [6.45, 7) is 19.2. The summed E-state index contributed by atoms with van der Waals surface area (Å²) in [4.78, 5) is 2.59. The molecular formula is C82H75N. The first-order valence-electron chi connectivity index (χ1n) is 31.1. The van der Waals surface area contributed by atoms with Gasteiger partial charge in [0.15, 0.2) is 0 Å². The molecule has 2 spiro atoms. The van der Waals surface area contributed by atoms with Crippen LogP contribution in [0.3, 0.4) is 0 Å². The van der Waals surface area contributed by atoms with E-state index in [1.165, 1.54) is 138 Å². The molecule has 0 aliphatic heterocycles. The highest BCUT2D eigenvalue weighted by atomic mass is 15.1. The Morgan fingerprint density at radius 2 is 0.783 bits per heavy atom. The van der Waals surface area contributed by atoms with E-state index in [1.807, 2.05) is 0 Å². The monoisotopic (exact) mass is 1070 g/mol. The molecule has 0 heterocycles. The minimum absolute atomic E-state index is 0.0547. The van der Waals surface area contributed by atoms with Crippen molar-refractivity contribution in [1.29, 1.82) is 0 Å². The second kappa shape index (κ2) is 18.0. The van der Waals surface area contributed by atoms with Gasteiger partial charge in [-0.1, -0.05) is 243 Å². The van der Waals surface area contributed by atoms with Gasteiger partial charge in [-0.25, -0.2) is 0 Å². The van der Waals surface area contributed by atoms with Gasteiger partial charge in [0.05, 0.1) is 11.1 Å². The van der Waals surface area contributed by atoms with E-state index in [1.54, 1.807) is 11.1 Å². The lowest BCUT2D eigenvalue weighted by Gasteiger charge is -2.61. The highest BCUT2D eigenvalue weighted by Crippen LogP contribution is 2.70. The van der Waals surface area contributed by atoms with E-state index in [0.717, 1.165) is 35.0 Å². The van der Waals surface area contributed by atoms with E-state index in [4.69, 9.17) is 0 Å². The molecule has 0 atom stereocenters. The third-order valence-corrected chi connectivity index (χ3v) is 21.7. The molecule has 4 bridgehead atoms. The van der Waals surface area contributed by atoms with Crippen molar-refractivity contribution in [2.24, 2.45) is 23.7 Å². The molecule has 83 heavy (non-hydrogen) atoms. The molecule has 0 saturated heterocycles.